The Morgan fingerprint density at radius 2 is 2.50 bits per heavy atom. The molecule has 0 aromatic rings. The smallest absolute Gasteiger partial charge is 0.335 e. The lowest BCUT2D eigenvalue weighted by molar-refractivity contribution is -0.158. The van der Waals surface area contributed by atoms with E-state index >= 15 is 0 Å². The van der Waals surface area contributed by atoms with Crippen LogP contribution in [0.5, 0.6) is 0 Å². The van der Waals surface area contributed by atoms with E-state index in [4.69, 9.17) is 0 Å². The molecule has 2 atom stereocenters. The van der Waals surface area contributed by atoms with Crippen molar-refractivity contribution < 1.29 is 19.4 Å². The van der Waals surface area contributed by atoms with Crippen LogP contribution in [0, 0.1) is 5.92 Å². The third-order valence-corrected chi connectivity index (χ3v) is 2.20. The third kappa shape index (κ3) is 2.42. The number of ether oxygens (including phenoxy) is 1. The normalized spacial score (nSPS) is 23.3. The highest BCUT2D eigenvalue weighted by atomic mass is 16.5. The Kier molecular flexibility index (Phi) is 3.83. The van der Waals surface area contributed by atoms with Crippen LogP contribution in [0.25, 0.3) is 0 Å². The molecule has 0 fully saturated rings. The summed E-state index contributed by atoms with van der Waals surface area (Å²) in [5, 5.41) is 9.51. The number of allylic oxidation sites excluding steroid dienone is 2. The molecule has 1 rings (SSSR count). The molecule has 0 aromatic heterocycles. The SMILES string of the molecule is CCOC(=O)[C@@H](O)[C@@H]1CCC=CC1=O. The Balaban J connectivity index is 2.59. The summed E-state index contributed by atoms with van der Waals surface area (Å²) < 4.78 is 4.64. The maximum atomic E-state index is 11.3. The van der Waals surface area contributed by atoms with Gasteiger partial charge in [0.25, 0.3) is 0 Å². The molecular weight excluding hydrogens is 184 g/mol. The summed E-state index contributed by atoms with van der Waals surface area (Å²) in [5.74, 6) is -1.53. The minimum Gasteiger partial charge on any atom is -0.464 e. The highest BCUT2D eigenvalue weighted by molar-refractivity contribution is 5.96. The molecule has 0 saturated carbocycles. The average molecular weight is 198 g/mol. The minimum atomic E-state index is -1.31. The van der Waals surface area contributed by atoms with E-state index in [1.165, 1.54) is 6.08 Å². The molecule has 0 bridgehead atoms. The fourth-order valence-corrected chi connectivity index (χ4v) is 1.45. The first-order valence-corrected chi connectivity index (χ1v) is 4.72. The number of esters is 1. The maximum Gasteiger partial charge on any atom is 0.335 e. The van der Waals surface area contributed by atoms with Gasteiger partial charge < -0.3 is 9.84 Å². The van der Waals surface area contributed by atoms with Crippen LogP contribution in [0.2, 0.25) is 0 Å². The Hall–Kier alpha value is -1.16. The first-order valence-electron chi connectivity index (χ1n) is 4.72. The summed E-state index contributed by atoms with van der Waals surface area (Å²) in [7, 11) is 0. The van der Waals surface area contributed by atoms with E-state index in [1.54, 1.807) is 13.0 Å². The van der Waals surface area contributed by atoms with Crippen LogP contribution in [0.1, 0.15) is 19.8 Å². The molecule has 78 valence electrons. The minimum absolute atomic E-state index is 0.197. The van der Waals surface area contributed by atoms with Crippen LogP contribution < -0.4 is 0 Å². The molecular formula is C10H14O4. The van der Waals surface area contributed by atoms with E-state index < -0.39 is 18.0 Å². The molecule has 1 aliphatic rings. The van der Waals surface area contributed by atoms with Crippen LogP contribution in [-0.4, -0.2) is 29.6 Å². The van der Waals surface area contributed by atoms with Gasteiger partial charge in [-0.25, -0.2) is 4.79 Å². The Labute approximate surface area is 82.6 Å². The van der Waals surface area contributed by atoms with Gasteiger partial charge in [-0.1, -0.05) is 6.08 Å². The number of ketones is 1. The first kappa shape index (κ1) is 10.9. The molecule has 1 aliphatic carbocycles. The molecule has 0 radical (unpaired) electrons. The summed E-state index contributed by atoms with van der Waals surface area (Å²) in [6, 6.07) is 0. The maximum absolute atomic E-state index is 11.3. The van der Waals surface area contributed by atoms with Crippen molar-refractivity contribution in [2.24, 2.45) is 5.92 Å². The summed E-state index contributed by atoms with van der Waals surface area (Å²) in [6.45, 7) is 1.87. The van der Waals surface area contributed by atoms with Crippen molar-refractivity contribution in [2.45, 2.75) is 25.9 Å². The summed E-state index contributed by atoms with van der Waals surface area (Å²) in [4.78, 5) is 22.4. The average Bonchev–Trinajstić information content (AvgIpc) is 2.18. The molecule has 0 saturated heterocycles. The van der Waals surface area contributed by atoms with Crippen molar-refractivity contribution in [3.63, 3.8) is 0 Å². The van der Waals surface area contributed by atoms with Crippen LogP contribution in [0.15, 0.2) is 12.2 Å². The van der Waals surface area contributed by atoms with Crippen LogP contribution in [0.3, 0.4) is 0 Å². The van der Waals surface area contributed by atoms with Crippen molar-refractivity contribution in [3.05, 3.63) is 12.2 Å². The number of hydrogen-bond acceptors (Lipinski definition) is 4. The summed E-state index contributed by atoms with van der Waals surface area (Å²) in [6.07, 6.45) is 3.07. The second kappa shape index (κ2) is 4.91. The van der Waals surface area contributed by atoms with E-state index in [2.05, 4.69) is 4.74 Å². The van der Waals surface area contributed by atoms with E-state index in [-0.39, 0.29) is 12.4 Å². The number of hydrogen-bond donors (Lipinski definition) is 1. The van der Waals surface area contributed by atoms with Gasteiger partial charge in [-0.3, -0.25) is 4.79 Å². The molecule has 4 heteroatoms. The summed E-state index contributed by atoms with van der Waals surface area (Å²) in [5.41, 5.74) is 0. The second-order valence-corrected chi connectivity index (χ2v) is 3.19. The monoisotopic (exact) mass is 198 g/mol. The number of aliphatic hydroxyl groups is 1. The van der Waals surface area contributed by atoms with Crippen LogP contribution in [0.4, 0.5) is 0 Å². The lowest BCUT2D eigenvalue weighted by Gasteiger charge is -2.20. The number of carbonyl (C=O) groups excluding carboxylic acids is 2. The van der Waals surface area contributed by atoms with Crippen molar-refractivity contribution in [1.29, 1.82) is 0 Å². The van der Waals surface area contributed by atoms with Gasteiger partial charge in [0, 0.05) is 0 Å². The largest absolute Gasteiger partial charge is 0.464 e. The lowest BCUT2D eigenvalue weighted by Crippen LogP contribution is -2.36. The van der Waals surface area contributed by atoms with E-state index in [0.29, 0.717) is 12.8 Å². The van der Waals surface area contributed by atoms with Gasteiger partial charge in [0.2, 0.25) is 0 Å². The molecule has 4 nitrogen and oxygen atoms in total. The van der Waals surface area contributed by atoms with Crippen molar-refractivity contribution in [1.82, 2.24) is 0 Å². The number of carbonyl (C=O) groups is 2. The van der Waals surface area contributed by atoms with Crippen LogP contribution in [-0.2, 0) is 14.3 Å². The molecule has 0 aliphatic heterocycles. The number of rotatable bonds is 3. The van der Waals surface area contributed by atoms with Gasteiger partial charge >= 0.3 is 5.97 Å². The van der Waals surface area contributed by atoms with Crippen molar-refractivity contribution >= 4 is 11.8 Å². The van der Waals surface area contributed by atoms with Gasteiger partial charge in [0.15, 0.2) is 11.9 Å². The third-order valence-electron chi connectivity index (χ3n) is 2.20. The highest BCUT2D eigenvalue weighted by Gasteiger charge is 2.32. The quantitative estimate of drug-likeness (QED) is 0.668. The zero-order chi connectivity index (χ0) is 10.6. The second-order valence-electron chi connectivity index (χ2n) is 3.19. The molecule has 0 spiro atoms. The molecule has 14 heavy (non-hydrogen) atoms. The van der Waals surface area contributed by atoms with Gasteiger partial charge in [0.1, 0.15) is 0 Å². The van der Waals surface area contributed by atoms with E-state index in [9.17, 15) is 14.7 Å². The first-order chi connectivity index (χ1) is 6.66. The molecule has 0 amide bonds. The molecule has 0 unspecified atom stereocenters. The molecule has 0 aromatic carbocycles. The Morgan fingerprint density at radius 1 is 1.79 bits per heavy atom. The standard InChI is InChI=1S/C10H14O4/c1-2-14-10(13)9(12)7-5-3-4-6-8(7)11/h4,6-7,9,12H,2-3,5H2,1H3/t7-,9+/m1/s1. The zero-order valence-electron chi connectivity index (χ0n) is 8.10. The van der Waals surface area contributed by atoms with Crippen LogP contribution >= 0.6 is 0 Å². The topological polar surface area (TPSA) is 63.6 Å². The van der Waals surface area contributed by atoms with Gasteiger partial charge in [0.05, 0.1) is 12.5 Å². The van der Waals surface area contributed by atoms with Gasteiger partial charge in [-0.15, -0.1) is 0 Å². The zero-order valence-corrected chi connectivity index (χ0v) is 8.10. The molecule has 0 heterocycles. The predicted molar refractivity (Wildman–Crippen MR) is 49.5 cm³/mol. The van der Waals surface area contributed by atoms with Gasteiger partial charge in [-0.05, 0) is 25.8 Å². The predicted octanol–water partition coefficient (Wildman–Crippen LogP) is 0.446. The highest BCUT2D eigenvalue weighted by Crippen LogP contribution is 2.19. The van der Waals surface area contributed by atoms with E-state index in [1.807, 2.05) is 0 Å². The fourth-order valence-electron chi connectivity index (χ4n) is 1.45. The number of aliphatic hydroxyl groups excluding tert-OH is 1. The van der Waals surface area contributed by atoms with E-state index in [0.717, 1.165) is 0 Å². The van der Waals surface area contributed by atoms with Gasteiger partial charge in [-0.2, -0.15) is 0 Å². The fraction of sp³-hybridized carbons (Fsp3) is 0.600. The summed E-state index contributed by atoms with van der Waals surface area (Å²) >= 11 is 0. The Bertz CT molecular complexity index is 257. The Morgan fingerprint density at radius 3 is 3.07 bits per heavy atom. The lowest BCUT2D eigenvalue weighted by atomic mass is 9.88. The van der Waals surface area contributed by atoms with Crippen molar-refractivity contribution in [2.75, 3.05) is 6.61 Å². The molecule has 1 N–H and O–H groups in total. The van der Waals surface area contributed by atoms with Crippen molar-refractivity contribution in [3.8, 4) is 0 Å².